The number of hydrazine groups is 1. The van der Waals surface area contributed by atoms with Gasteiger partial charge in [-0.05, 0) is 114 Å². The van der Waals surface area contributed by atoms with Gasteiger partial charge in [0.25, 0.3) is 6.43 Å². The van der Waals surface area contributed by atoms with Crippen molar-refractivity contribution in [3.05, 3.63) is 36.1 Å². The summed E-state index contributed by atoms with van der Waals surface area (Å²) in [6.45, 7) is 7.88. The molecule has 2 aliphatic carbocycles. The molecular formula is C33H46F2N8O. The first-order valence-electron chi connectivity index (χ1n) is 17.1. The number of carbonyl (C=O) groups excluding carboxylic acids is 1. The molecule has 0 aromatic carbocycles. The average Bonchev–Trinajstić information content (AvgIpc) is 3.71. The van der Waals surface area contributed by atoms with Gasteiger partial charge in [-0.1, -0.05) is 0 Å². The molecule has 1 spiro atoms. The lowest BCUT2D eigenvalue weighted by molar-refractivity contribution is -0.126. The van der Waals surface area contributed by atoms with E-state index < -0.39 is 6.43 Å². The van der Waals surface area contributed by atoms with E-state index in [-0.39, 0.29) is 23.6 Å². The molecule has 0 amide bonds. The van der Waals surface area contributed by atoms with E-state index in [1.807, 2.05) is 39.2 Å². The molecule has 1 N–H and O–H groups in total. The third-order valence-corrected chi connectivity index (χ3v) is 11.9. The van der Waals surface area contributed by atoms with Gasteiger partial charge in [0.1, 0.15) is 17.3 Å². The van der Waals surface area contributed by atoms with E-state index in [4.69, 9.17) is 4.99 Å². The number of Topliss-reactive ketones (excluding diaryl/α,β-unsaturated/α-hetero) is 1. The summed E-state index contributed by atoms with van der Waals surface area (Å²) in [7, 11) is 0. The molecule has 8 rings (SSSR count). The normalized spacial score (nSPS) is 32.1. The fourth-order valence-electron chi connectivity index (χ4n) is 9.15. The molecular weight excluding hydrogens is 562 g/mol. The summed E-state index contributed by atoms with van der Waals surface area (Å²) in [4.78, 5) is 22.2. The summed E-state index contributed by atoms with van der Waals surface area (Å²) in [6.07, 6.45) is 16.5. The van der Waals surface area contributed by atoms with Crippen molar-refractivity contribution in [1.29, 1.82) is 0 Å². The lowest BCUT2D eigenvalue weighted by Gasteiger charge is -2.45. The van der Waals surface area contributed by atoms with Crippen LogP contribution in [0.3, 0.4) is 0 Å². The minimum Gasteiger partial charge on any atom is -0.355 e. The van der Waals surface area contributed by atoms with Crippen LogP contribution in [0.4, 0.5) is 14.5 Å². The van der Waals surface area contributed by atoms with Crippen LogP contribution in [0.5, 0.6) is 0 Å². The number of halogens is 2. The first-order valence-corrected chi connectivity index (χ1v) is 17.1. The van der Waals surface area contributed by atoms with Crippen LogP contribution in [0, 0.1) is 23.2 Å². The summed E-state index contributed by atoms with van der Waals surface area (Å²) in [5.74, 6) is 2.92. The van der Waals surface area contributed by atoms with Crippen LogP contribution < -0.4 is 10.3 Å². The number of nitrogens with zero attached hydrogens (tertiary/aromatic N) is 7. The smallest absolute Gasteiger partial charge is 0.284 e. The summed E-state index contributed by atoms with van der Waals surface area (Å²) in [5, 5.41) is 11.7. The second kappa shape index (κ2) is 11.5. The Bertz CT molecular complexity index is 1310. The summed E-state index contributed by atoms with van der Waals surface area (Å²) in [6, 6.07) is 0.158. The maximum absolute atomic E-state index is 14.3. The van der Waals surface area contributed by atoms with E-state index in [0.717, 1.165) is 63.3 Å². The first-order chi connectivity index (χ1) is 21.4. The molecule has 5 aliphatic heterocycles. The lowest BCUT2D eigenvalue weighted by Crippen LogP contribution is -2.46. The molecule has 2 atom stereocenters. The van der Waals surface area contributed by atoms with Gasteiger partial charge < -0.3 is 15.1 Å². The Labute approximate surface area is 259 Å². The van der Waals surface area contributed by atoms with Gasteiger partial charge in [0.15, 0.2) is 11.5 Å². The van der Waals surface area contributed by atoms with Crippen LogP contribution in [-0.4, -0.2) is 88.6 Å². The maximum atomic E-state index is 14.3. The molecule has 2 saturated carbocycles. The fraction of sp³-hybridized carbons (Fsp3) is 0.727. The molecule has 238 valence electrons. The highest BCUT2D eigenvalue weighted by Crippen LogP contribution is 2.42. The van der Waals surface area contributed by atoms with Gasteiger partial charge in [0, 0.05) is 37.7 Å². The Morgan fingerprint density at radius 3 is 2.41 bits per heavy atom. The zero-order valence-corrected chi connectivity index (χ0v) is 25.7. The Balaban J connectivity index is 0.886. The number of aliphatic imine (C=N–C) groups is 1. The van der Waals surface area contributed by atoms with Crippen LogP contribution in [0.1, 0.15) is 82.4 Å². The molecule has 44 heavy (non-hydrogen) atoms. The molecule has 9 nitrogen and oxygen atoms in total. The quantitative estimate of drug-likeness (QED) is 0.518. The Morgan fingerprint density at radius 1 is 0.977 bits per heavy atom. The number of rotatable bonds is 5. The highest BCUT2D eigenvalue weighted by Gasteiger charge is 2.42. The number of anilines is 1. The number of ketones is 1. The van der Waals surface area contributed by atoms with Crippen LogP contribution in [0.15, 0.2) is 35.4 Å². The van der Waals surface area contributed by atoms with Gasteiger partial charge >= 0.3 is 0 Å². The van der Waals surface area contributed by atoms with Crippen molar-refractivity contribution in [3.8, 4) is 0 Å². The molecule has 2 unspecified atom stereocenters. The summed E-state index contributed by atoms with van der Waals surface area (Å²) < 4.78 is 30.5. The number of likely N-dealkylation sites (tertiary alicyclic amines) is 2. The van der Waals surface area contributed by atoms with Gasteiger partial charge in [0.05, 0.1) is 18.8 Å². The molecule has 5 fully saturated rings. The van der Waals surface area contributed by atoms with Gasteiger partial charge in [-0.15, -0.1) is 0 Å². The SMILES string of the molecule is O=C1C2CCC1CN(C1=NC3=CCN(c4cn(C5CCC(CN6CCC7(CCNCC7)CC6)CC5)nc4C(F)F)N3C=C1)C2. The zero-order chi connectivity index (χ0) is 29.8. The maximum Gasteiger partial charge on any atom is 0.284 e. The standard InChI is InChI=1S/C33H46F2N8O/c34-32(35)30-27(42-15-8-29-37-28(7-16-43(29)42)40-20-24-3-4-25(21-40)31(24)44)22-41(38-30)26-5-1-23(2-6-26)19-39-17-11-33(12-18-39)9-13-36-14-10-33/h7-8,16,22-26,32,36H,1-6,9-15,17-21H2. The van der Waals surface area contributed by atoms with Gasteiger partial charge in [-0.25, -0.2) is 18.8 Å². The molecule has 7 aliphatic rings. The van der Waals surface area contributed by atoms with Crippen LogP contribution in [0.2, 0.25) is 0 Å². The van der Waals surface area contributed by atoms with Gasteiger partial charge in [-0.2, -0.15) is 5.10 Å². The second-order valence-electron chi connectivity index (χ2n) is 14.5. The monoisotopic (exact) mass is 608 g/mol. The lowest BCUT2D eigenvalue weighted by atomic mass is 9.71. The van der Waals surface area contributed by atoms with Crippen molar-refractivity contribution in [2.24, 2.45) is 28.2 Å². The van der Waals surface area contributed by atoms with E-state index in [0.29, 0.717) is 29.3 Å². The number of alkyl halides is 2. The Morgan fingerprint density at radius 2 is 1.70 bits per heavy atom. The van der Waals surface area contributed by atoms with E-state index in [1.165, 1.54) is 58.4 Å². The number of fused-ring (bicyclic) bond motifs is 3. The van der Waals surface area contributed by atoms with E-state index in [2.05, 4.69) is 20.2 Å². The minimum absolute atomic E-state index is 0.114. The predicted molar refractivity (Wildman–Crippen MR) is 165 cm³/mol. The number of aromatic nitrogens is 2. The molecule has 1 aromatic heterocycles. The van der Waals surface area contributed by atoms with E-state index in [9.17, 15) is 13.6 Å². The summed E-state index contributed by atoms with van der Waals surface area (Å²) >= 11 is 0. The van der Waals surface area contributed by atoms with Crippen molar-refractivity contribution in [2.45, 2.75) is 76.7 Å². The molecule has 11 heteroatoms. The van der Waals surface area contributed by atoms with Crippen molar-refractivity contribution in [2.75, 3.05) is 57.4 Å². The summed E-state index contributed by atoms with van der Waals surface area (Å²) in [5.41, 5.74) is 0.882. The van der Waals surface area contributed by atoms with Crippen molar-refractivity contribution in [1.82, 2.24) is 29.9 Å². The number of piperidine rings is 3. The van der Waals surface area contributed by atoms with Gasteiger partial charge in [-0.3, -0.25) is 14.5 Å². The highest BCUT2D eigenvalue weighted by atomic mass is 19.3. The topological polar surface area (TPSA) is 72.2 Å². The zero-order valence-electron chi connectivity index (χ0n) is 25.7. The van der Waals surface area contributed by atoms with E-state index in [1.54, 1.807) is 0 Å². The molecule has 1 aromatic rings. The average molecular weight is 609 g/mol. The first kappa shape index (κ1) is 28.7. The van der Waals surface area contributed by atoms with E-state index >= 15 is 0 Å². The number of hydrogen-bond donors (Lipinski definition) is 1. The molecule has 3 saturated heterocycles. The van der Waals surface area contributed by atoms with Crippen LogP contribution >= 0.6 is 0 Å². The fourth-order valence-corrected chi connectivity index (χ4v) is 9.15. The highest BCUT2D eigenvalue weighted by molar-refractivity contribution is 5.97. The van der Waals surface area contributed by atoms with Crippen molar-refractivity contribution < 1.29 is 13.6 Å². The van der Waals surface area contributed by atoms with Crippen LogP contribution in [-0.2, 0) is 4.79 Å². The molecule has 6 heterocycles. The molecule has 0 radical (unpaired) electrons. The number of hydrogen-bond acceptors (Lipinski definition) is 8. The largest absolute Gasteiger partial charge is 0.355 e. The molecule has 2 bridgehead atoms. The van der Waals surface area contributed by atoms with Gasteiger partial charge in [0.2, 0.25) is 0 Å². The van der Waals surface area contributed by atoms with Crippen molar-refractivity contribution in [3.63, 3.8) is 0 Å². The van der Waals surface area contributed by atoms with Crippen molar-refractivity contribution >= 4 is 17.3 Å². The third kappa shape index (κ3) is 5.27. The van der Waals surface area contributed by atoms with Crippen LogP contribution in [0.25, 0.3) is 0 Å². The Kier molecular flexibility index (Phi) is 7.52. The number of nitrogens with one attached hydrogen (secondary N) is 1. The number of amidine groups is 1. The second-order valence-corrected chi connectivity index (χ2v) is 14.5. The minimum atomic E-state index is -2.65. The number of carbonyl (C=O) groups is 1. The third-order valence-electron chi connectivity index (χ3n) is 11.9. The Hall–Kier alpha value is -2.79. The predicted octanol–water partition coefficient (Wildman–Crippen LogP) is 4.73.